The molecule has 1 aliphatic heterocycles. The molecule has 0 radical (unpaired) electrons. The number of anilines is 2. The maximum absolute atomic E-state index is 12.6. The Kier molecular flexibility index (Phi) is 6.64. The van der Waals surface area contributed by atoms with Crippen LogP contribution in [0.3, 0.4) is 0 Å². The van der Waals surface area contributed by atoms with Gasteiger partial charge in [-0.25, -0.2) is 8.42 Å². The lowest BCUT2D eigenvalue weighted by Crippen LogP contribution is -2.41. The summed E-state index contributed by atoms with van der Waals surface area (Å²) in [6, 6.07) is 7.85. The predicted molar refractivity (Wildman–Crippen MR) is 114 cm³/mol. The van der Waals surface area contributed by atoms with Gasteiger partial charge in [-0.05, 0) is 47.1 Å². The number of halogens is 1. The number of benzene rings is 2. The second kappa shape index (κ2) is 9.02. The number of fused-ring (bicyclic) bond motifs is 1. The van der Waals surface area contributed by atoms with Gasteiger partial charge in [-0.1, -0.05) is 0 Å². The van der Waals surface area contributed by atoms with Crippen LogP contribution in [0, 0.1) is 0 Å². The van der Waals surface area contributed by atoms with Crippen LogP contribution in [0.25, 0.3) is 0 Å². The first-order valence-corrected chi connectivity index (χ1v) is 11.2. The smallest absolute Gasteiger partial charge is 0.242 e. The topological polar surface area (TPSA) is 123 Å². The molecule has 0 saturated carbocycles. The Bertz CT molecular complexity index is 1070. The highest BCUT2D eigenvalue weighted by molar-refractivity contribution is 9.10. The van der Waals surface area contributed by atoms with E-state index >= 15 is 0 Å². The first kappa shape index (κ1) is 22.1. The van der Waals surface area contributed by atoms with Gasteiger partial charge in [0.15, 0.2) is 11.5 Å². The number of hydrogen-bond acceptors (Lipinski definition) is 6. The Morgan fingerprint density at radius 1 is 1.03 bits per heavy atom. The van der Waals surface area contributed by atoms with Gasteiger partial charge in [-0.15, -0.1) is 0 Å². The molecule has 0 saturated heterocycles. The fourth-order valence-corrected chi connectivity index (χ4v) is 4.30. The zero-order valence-electron chi connectivity index (χ0n) is 16.2. The molecule has 1 aliphatic rings. The fourth-order valence-electron chi connectivity index (χ4n) is 2.68. The number of nitrogens with one attached hydrogen (secondary N) is 3. The second-order valence-electron chi connectivity index (χ2n) is 6.51. The van der Waals surface area contributed by atoms with Gasteiger partial charge in [0.1, 0.15) is 13.2 Å². The Balaban J connectivity index is 1.68. The summed E-state index contributed by atoms with van der Waals surface area (Å²) in [5.41, 5.74) is 0.894. The van der Waals surface area contributed by atoms with E-state index in [1.807, 2.05) is 0 Å². The zero-order chi connectivity index (χ0) is 21.9. The maximum Gasteiger partial charge on any atom is 0.242 e. The minimum Gasteiger partial charge on any atom is -0.486 e. The molecule has 11 heteroatoms. The van der Waals surface area contributed by atoms with Crippen molar-refractivity contribution in [3.05, 3.63) is 40.9 Å². The van der Waals surface area contributed by atoms with Crippen LogP contribution in [0.4, 0.5) is 11.4 Å². The van der Waals surface area contributed by atoms with Gasteiger partial charge in [-0.2, -0.15) is 4.72 Å². The van der Waals surface area contributed by atoms with Gasteiger partial charge >= 0.3 is 0 Å². The SMILES string of the molecule is CC(=O)Nc1ccc(S(=O)(=O)N[C@H](C)C(=O)Nc2cc3c(cc2Br)OCCO3)cc1. The predicted octanol–water partition coefficient (Wildman–Crippen LogP) is 2.48. The van der Waals surface area contributed by atoms with E-state index in [-0.39, 0.29) is 10.8 Å². The summed E-state index contributed by atoms with van der Waals surface area (Å²) in [6.45, 7) is 3.63. The minimum atomic E-state index is -3.95. The molecule has 2 aromatic carbocycles. The van der Waals surface area contributed by atoms with Crippen LogP contribution in [0.2, 0.25) is 0 Å². The second-order valence-corrected chi connectivity index (χ2v) is 9.08. The highest BCUT2D eigenvalue weighted by Gasteiger charge is 2.23. The minimum absolute atomic E-state index is 0.0308. The number of amides is 2. The lowest BCUT2D eigenvalue weighted by Gasteiger charge is -2.21. The third kappa shape index (κ3) is 5.29. The molecule has 1 atom stereocenters. The van der Waals surface area contributed by atoms with Crippen molar-refractivity contribution < 1.29 is 27.5 Å². The van der Waals surface area contributed by atoms with Crippen LogP contribution in [-0.2, 0) is 19.6 Å². The number of carbonyl (C=O) groups excluding carboxylic acids is 2. The summed E-state index contributed by atoms with van der Waals surface area (Å²) in [6.07, 6.45) is 0. The number of ether oxygens (including phenoxy) is 2. The van der Waals surface area contributed by atoms with Crippen LogP contribution in [-0.4, -0.2) is 39.5 Å². The molecule has 30 heavy (non-hydrogen) atoms. The van der Waals surface area contributed by atoms with Crippen molar-refractivity contribution in [2.75, 3.05) is 23.8 Å². The van der Waals surface area contributed by atoms with Crippen molar-refractivity contribution in [1.29, 1.82) is 0 Å². The summed E-state index contributed by atoms with van der Waals surface area (Å²) in [5, 5.41) is 5.22. The zero-order valence-corrected chi connectivity index (χ0v) is 18.6. The Labute approximate surface area is 182 Å². The van der Waals surface area contributed by atoms with Gasteiger partial charge in [0, 0.05) is 29.2 Å². The molecule has 1 heterocycles. The van der Waals surface area contributed by atoms with Gasteiger partial charge in [0.05, 0.1) is 16.6 Å². The van der Waals surface area contributed by atoms with E-state index in [1.54, 1.807) is 12.1 Å². The number of sulfonamides is 1. The molecule has 0 spiro atoms. The monoisotopic (exact) mass is 497 g/mol. The normalized spacial score (nSPS) is 14.0. The lowest BCUT2D eigenvalue weighted by molar-refractivity contribution is -0.117. The Morgan fingerprint density at radius 2 is 1.63 bits per heavy atom. The fraction of sp³-hybridized carbons (Fsp3) is 0.263. The third-order valence-electron chi connectivity index (χ3n) is 4.10. The van der Waals surface area contributed by atoms with Gasteiger partial charge in [0.25, 0.3) is 0 Å². The van der Waals surface area contributed by atoms with Crippen molar-refractivity contribution >= 4 is 49.1 Å². The summed E-state index contributed by atoms with van der Waals surface area (Å²) in [4.78, 5) is 23.6. The van der Waals surface area contributed by atoms with E-state index in [0.717, 1.165) is 0 Å². The molecule has 160 valence electrons. The summed E-state index contributed by atoms with van der Waals surface area (Å²) >= 11 is 3.36. The summed E-state index contributed by atoms with van der Waals surface area (Å²) in [7, 11) is -3.95. The molecular formula is C19H20BrN3O6S. The van der Waals surface area contributed by atoms with Gasteiger partial charge in [-0.3, -0.25) is 9.59 Å². The first-order valence-electron chi connectivity index (χ1n) is 8.96. The van der Waals surface area contributed by atoms with E-state index in [9.17, 15) is 18.0 Å². The van der Waals surface area contributed by atoms with Crippen LogP contribution in [0.1, 0.15) is 13.8 Å². The Hall–Kier alpha value is -2.63. The van der Waals surface area contributed by atoms with E-state index in [0.29, 0.717) is 40.6 Å². The highest BCUT2D eigenvalue weighted by atomic mass is 79.9. The van der Waals surface area contributed by atoms with Gasteiger partial charge in [0.2, 0.25) is 21.8 Å². The average molecular weight is 498 g/mol. The lowest BCUT2D eigenvalue weighted by atomic mass is 10.2. The largest absolute Gasteiger partial charge is 0.486 e. The molecule has 2 aromatic rings. The van der Waals surface area contributed by atoms with Crippen molar-refractivity contribution in [2.24, 2.45) is 0 Å². The first-order chi connectivity index (χ1) is 14.2. The van der Waals surface area contributed by atoms with E-state index in [4.69, 9.17) is 9.47 Å². The van der Waals surface area contributed by atoms with Crippen LogP contribution >= 0.6 is 15.9 Å². The molecule has 2 amide bonds. The molecule has 0 aliphatic carbocycles. The molecule has 3 rings (SSSR count). The molecular weight excluding hydrogens is 478 g/mol. The van der Waals surface area contributed by atoms with Crippen LogP contribution in [0.5, 0.6) is 11.5 Å². The Morgan fingerprint density at radius 3 is 2.23 bits per heavy atom. The van der Waals surface area contributed by atoms with Crippen molar-refractivity contribution in [1.82, 2.24) is 4.72 Å². The maximum atomic E-state index is 12.6. The van der Waals surface area contributed by atoms with E-state index in [1.165, 1.54) is 38.1 Å². The van der Waals surface area contributed by atoms with Crippen molar-refractivity contribution in [2.45, 2.75) is 24.8 Å². The summed E-state index contributed by atoms with van der Waals surface area (Å²) < 4.78 is 39.0. The number of hydrogen-bond donors (Lipinski definition) is 3. The van der Waals surface area contributed by atoms with Gasteiger partial charge < -0.3 is 20.1 Å². The molecule has 9 nitrogen and oxygen atoms in total. The highest BCUT2D eigenvalue weighted by Crippen LogP contribution is 2.38. The summed E-state index contributed by atoms with van der Waals surface area (Å²) in [5.74, 6) is 0.236. The molecule has 3 N–H and O–H groups in total. The number of rotatable bonds is 6. The molecule has 0 aromatic heterocycles. The average Bonchev–Trinajstić information content (AvgIpc) is 2.68. The van der Waals surface area contributed by atoms with E-state index in [2.05, 4.69) is 31.3 Å². The standard InChI is InChI=1S/C19H20BrN3O6S/c1-11(23-30(26,27)14-5-3-13(4-6-14)21-12(2)24)19(25)22-16-10-18-17(9-15(16)20)28-7-8-29-18/h3-6,9-11,23H,7-8H2,1-2H3,(H,21,24)(H,22,25)/t11-/m1/s1. The van der Waals surface area contributed by atoms with Crippen LogP contribution in [0.15, 0.2) is 45.8 Å². The van der Waals surface area contributed by atoms with Crippen LogP contribution < -0.4 is 24.8 Å². The quantitative estimate of drug-likeness (QED) is 0.563. The molecule has 0 unspecified atom stereocenters. The molecule has 0 fully saturated rings. The van der Waals surface area contributed by atoms with E-state index < -0.39 is 22.0 Å². The third-order valence-corrected chi connectivity index (χ3v) is 6.31. The van der Waals surface area contributed by atoms with Crippen molar-refractivity contribution in [3.63, 3.8) is 0 Å². The number of carbonyl (C=O) groups is 2. The van der Waals surface area contributed by atoms with Crippen molar-refractivity contribution in [3.8, 4) is 11.5 Å². The molecule has 0 bridgehead atoms.